The topological polar surface area (TPSA) is 70.5 Å². The smallest absolute Gasteiger partial charge is 0.231 e. The lowest BCUT2D eigenvalue weighted by Gasteiger charge is -2.10. The summed E-state index contributed by atoms with van der Waals surface area (Å²) in [5.41, 5.74) is 9.61. The Balaban J connectivity index is 2.33. The zero-order valence-electron chi connectivity index (χ0n) is 9.61. The third-order valence-corrected chi connectivity index (χ3v) is 3.05. The number of nitrogens with zero attached hydrogens (tertiary/aromatic N) is 1. The Hall–Kier alpha value is -2.17. The van der Waals surface area contributed by atoms with Crippen molar-refractivity contribution in [3.63, 3.8) is 0 Å². The molecule has 1 aromatic heterocycles. The van der Waals surface area contributed by atoms with Crippen LogP contribution in [0.3, 0.4) is 0 Å². The summed E-state index contributed by atoms with van der Waals surface area (Å²) in [5.74, 6) is 1.74. The summed E-state index contributed by atoms with van der Waals surface area (Å²) in [7, 11) is 0. The maximum Gasteiger partial charge on any atom is 0.231 e. The van der Waals surface area contributed by atoms with Gasteiger partial charge in [-0.15, -0.1) is 0 Å². The first kappa shape index (κ1) is 10.0. The number of nitrogens with two attached hydrogens (primary N) is 1. The maximum absolute atomic E-state index is 5.76. The van der Waals surface area contributed by atoms with Gasteiger partial charge in [-0.2, -0.15) is 0 Å². The van der Waals surface area contributed by atoms with Crippen LogP contribution < -0.4 is 15.2 Å². The van der Waals surface area contributed by atoms with Gasteiger partial charge >= 0.3 is 0 Å². The first-order chi connectivity index (χ1) is 8.18. The standard InChI is InChI=1S/C12H12N2O3/c1-6-3-9-11(16-5-15-9)10(7(6)2)8-4-14-17-12(8)13/h3-4H,5,13H2,1-2H3. The lowest BCUT2D eigenvalue weighted by atomic mass is 9.97. The predicted molar refractivity (Wildman–Crippen MR) is 61.9 cm³/mol. The Kier molecular flexibility index (Phi) is 2.01. The van der Waals surface area contributed by atoms with Gasteiger partial charge in [-0.25, -0.2) is 0 Å². The van der Waals surface area contributed by atoms with Crippen LogP contribution in [0.1, 0.15) is 11.1 Å². The van der Waals surface area contributed by atoms with Crippen molar-refractivity contribution in [2.75, 3.05) is 12.5 Å². The van der Waals surface area contributed by atoms with Gasteiger partial charge in [0.15, 0.2) is 11.5 Å². The Bertz CT molecular complexity index is 590. The zero-order valence-corrected chi connectivity index (χ0v) is 9.61. The number of anilines is 1. The fraction of sp³-hybridized carbons (Fsp3) is 0.250. The van der Waals surface area contributed by atoms with Crippen LogP contribution in [-0.4, -0.2) is 11.9 Å². The van der Waals surface area contributed by atoms with Crippen molar-refractivity contribution in [2.24, 2.45) is 0 Å². The van der Waals surface area contributed by atoms with Gasteiger partial charge in [0.1, 0.15) is 0 Å². The van der Waals surface area contributed by atoms with Gasteiger partial charge in [0.2, 0.25) is 12.7 Å². The van der Waals surface area contributed by atoms with E-state index < -0.39 is 0 Å². The van der Waals surface area contributed by atoms with Crippen LogP contribution in [0.4, 0.5) is 5.88 Å². The SMILES string of the molecule is Cc1cc2c(c(-c3cnoc3N)c1C)OCO2. The van der Waals surface area contributed by atoms with E-state index >= 15 is 0 Å². The average molecular weight is 232 g/mol. The Morgan fingerprint density at radius 2 is 2.12 bits per heavy atom. The molecule has 0 fully saturated rings. The average Bonchev–Trinajstić information content (AvgIpc) is 2.89. The summed E-state index contributed by atoms with van der Waals surface area (Å²) in [6, 6.07) is 1.96. The van der Waals surface area contributed by atoms with Gasteiger partial charge in [0.25, 0.3) is 0 Å². The third-order valence-electron chi connectivity index (χ3n) is 3.05. The number of hydrogen-bond acceptors (Lipinski definition) is 5. The molecule has 0 radical (unpaired) electrons. The fourth-order valence-electron chi connectivity index (χ4n) is 2.02. The maximum atomic E-state index is 5.76. The molecule has 0 spiro atoms. The lowest BCUT2D eigenvalue weighted by Crippen LogP contribution is -1.95. The molecule has 88 valence electrons. The molecule has 0 saturated heterocycles. The minimum Gasteiger partial charge on any atom is -0.454 e. The molecule has 2 N–H and O–H groups in total. The molecule has 2 aromatic rings. The summed E-state index contributed by atoms with van der Waals surface area (Å²) < 4.78 is 15.8. The van der Waals surface area contributed by atoms with Gasteiger partial charge in [0.05, 0.1) is 11.8 Å². The lowest BCUT2D eigenvalue weighted by molar-refractivity contribution is 0.174. The zero-order chi connectivity index (χ0) is 12.0. The van der Waals surface area contributed by atoms with Crippen LogP contribution in [0.25, 0.3) is 11.1 Å². The normalized spacial score (nSPS) is 13.1. The van der Waals surface area contributed by atoms with Crippen molar-refractivity contribution in [1.29, 1.82) is 0 Å². The van der Waals surface area contributed by atoms with Crippen molar-refractivity contribution in [1.82, 2.24) is 5.16 Å². The molecule has 1 aliphatic heterocycles. The van der Waals surface area contributed by atoms with Crippen LogP contribution in [0.5, 0.6) is 11.5 Å². The van der Waals surface area contributed by atoms with Crippen molar-refractivity contribution >= 4 is 5.88 Å². The van der Waals surface area contributed by atoms with Crippen molar-refractivity contribution < 1.29 is 14.0 Å². The molecule has 0 amide bonds. The highest BCUT2D eigenvalue weighted by Gasteiger charge is 2.24. The monoisotopic (exact) mass is 232 g/mol. The molecule has 5 nitrogen and oxygen atoms in total. The molecule has 17 heavy (non-hydrogen) atoms. The van der Waals surface area contributed by atoms with E-state index in [1.54, 1.807) is 6.20 Å². The van der Waals surface area contributed by atoms with Crippen LogP contribution in [-0.2, 0) is 0 Å². The third kappa shape index (κ3) is 1.35. The second kappa shape index (κ2) is 3.41. The van der Waals surface area contributed by atoms with Crippen LogP contribution >= 0.6 is 0 Å². The second-order valence-corrected chi connectivity index (χ2v) is 4.03. The number of hydrogen-bond donors (Lipinski definition) is 1. The van der Waals surface area contributed by atoms with Gasteiger partial charge in [-0.05, 0) is 31.0 Å². The van der Waals surface area contributed by atoms with E-state index in [-0.39, 0.29) is 12.7 Å². The Labute approximate surface area is 98.1 Å². The van der Waals surface area contributed by atoms with Crippen LogP contribution in [0.2, 0.25) is 0 Å². The molecule has 0 saturated carbocycles. The van der Waals surface area contributed by atoms with Gasteiger partial charge in [-0.1, -0.05) is 5.16 Å². The minimum absolute atomic E-state index is 0.233. The van der Waals surface area contributed by atoms with E-state index in [4.69, 9.17) is 19.7 Å². The molecular weight excluding hydrogens is 220 g/mol. The Morgan fingerprint density at radius 3 is 2.82 bits per heavy atom. The van der Waals surface area contributed by atoms with E-state index in [0.29, 0.717) is 5.75 Å². The molecule has 5 heteroatoms. The highest BCUT2D eigenvalue weighted by Crippen LogP contribution is 2.46. The first-order valence-corrected chi connectivity index (χ1v) is 5.29. The number of rotatable bonds is 1. The number of ether oxygens (including phenoxy) is 2. The fourth-order valence-corrected chi connectivity index (χ4v) is 2.02. The molecule has 0 atom stereocenters. The molecule has 2 heterocycles. The van der Waals surface area contributed by atoms with Gasteiger partial charge in [-0.3, -0.25) is 0 Å². The van der Waals surface area contributed by atoms with E-state index in [2.05, 4.69) is 5.16 Å². The van der Waals surface area contributed by atoms with Crippen molar-refractivity contribution in [3.05, 3.63) is 23.4 Å². The van der Waals surface area contributed by atoms with Crippen molar-refractivity contribution in [2.45, 2.75) is 13.8 Å². The van der Waals surface area contributed by atoms with Crippen LogP contribution in [0.15, 0.2) is 16.8 Å². The number of aryl methyl sites for hydroxylation is 1. The molecule has 0 unspecified atom stereocenters. The van der Waals surface area contributed by atoms with Crippen molar-refractivity contribution in [3.8, 4) is 22.6 Å². The first-order valence-electron chi connectivity index (χ1n) is 5.29. The summed E-state index contributed by atoms with van der Waals surface area (Å²) in [6.45, 7) is 4.26. The summed E-state index contributed by atoms with van der Waals surface area (Å²) in [5, 5.41) is 3.70. The highest BCUT2D eigenvalue weighted by molar-refractivity contribution is 5.83. The molecule has 1 aliphatic rings. The predicted octanol–water partition coefficient (Wildman–Crippen LogP) is 2.27. The molecule has 0 aliphatic carbocycles. The number of aromatic nitrogens is 1. The molecular formula is C12H12N2O3. The summed E-state index contributed by atoms with van der Waals surface area (Å²) >= 11 is 0. The second-order valence-electron chi connectivity index (χ2n) is 4.03. The van der Waals surface area contributed by atoms with E-state index in [9.17, 15) is 0 Å². The highest BCUT2D eigenvalue weighted by atomic mass is 16.7. The van der Waals surface area contributed by atoms with E-state index in [1.807, 2.05) is 19.9 Å². The van der Waals surface area contributed by atoms with Crippen LogP contribution in [0, 0.1) is 13.8 Å². The number of nitrogen functional groups attached to an aromatic ring is 1. The quantitative estimate of drug-likeness (QED) is 0.816. The van der Waals surface area contributed by atoms with Gasteiger partial charge in [0, 0.05) is 5.56 Å². The summed E-state index contributed by atoms with van der Waals surface area (Å²) in [6.07, 6.45) is 1.60. The largest absolute Gasteiger partial charge is 0.454 e. The number of benzene rings is 1. The van der Waals surface area contributed by atoms with E-state index in [0.717, 1.165) is 28.0 Å². The molecule has 1 aromatic carbocycles. The summed E-state index contributed by atoms with van der Waals surface area (Å²) in [4.78, 5) is 0. The van der Waals surface area contributed by atoms with E-state index in [1.165, 1.54) is 0 Å². The Morgan fingerprint density at radius 1 is 1.29 bits per heavy atom. The van der Waals surface area contributed by atoms with Gasteiger partial charge < -0.3 is 19.7 Å². The molecule has 3 rings (SSSR count). The number of fused-ring (bicyclic) bond motifs is 1. The minimum atomic E-state index is 0.233. The molecule has 0 bridgehead atoms.